The first-order valence-electron chi connectivity index (χ1n) is 7.83. The molecule has 6 nitrogen and oxygen atoms in total. The van der Waals surface area contributed by atoms with Crippen LogP contribution in [0.1, 0.15) is 12.0 Å². The minimum Gasteiger partial charge on any atom is -0.493 e. The molecule has 1 N–H and O–H groups in total. The summed E-state index contributed by atoms with van der Waals surface area (Å²) in [5.74, 6) is 0.450. The number of nitrogens with one attached hydrogen (secondary N) is 1. The molecule has 0 heterocycles. The van der Waals surface area contributed by atoms with Crippen molar-refractivity contribution >= 4 is 17.5 Å². The number of carbonyl (C=O) groups excluding carboxylic acids is 2. The molecule has 0 aliphatic carbocycles. The molecule has 0 fully saturated rings. The van der Waals surface area contributed by atoms with Crippen molar-refractivity contribution in [3.05, 3.63) is 54.1 Å². The van der Waals surface area contributed by atoms with E-state index in [1.807, 2.05) is 30.3 Å². The van der Waals surface area contributed by atoms with E-state index in [1.165, 1.54) is 19.1 Å². The molecule has 0 unspecified atom stereocenters. The number of hydrogen-bond donors (Lipinski definition) is 1. The van der Waals surface area contributed by atoms with E-state index in [9.17, 15) is 9.59 Å². The largest absolute Gasteiger partial charge is 0.493 e. The van der Waals surface area contributed by atoms with Crippen LogP contribution in [0.4, 0.5) is 5.69 Å². The van der Waals surface area contributed by atoms with Gasteiger partial charge in [-0.3, -0.25) is 9.59 Å². The monoisotopic (exact) mass is 342 g/mol. The Kier molecular flexibility index (Phi) is 6.39. The minimum atomic E-state index is -0.378. The molecule has 6 heteroatoms. The SMILES string of the molecule is COc1ccc(NC(=O)CC(=O)N(C)Cc2ccccc2)cc1OC. The number of hydrogen-bond acceptors (Lipinski definition) is 4. The Labute approximate surface area is 147 Å². The normalized spacial score (nSPS) is 10.0. The second-order valence-electron chi connectivity index (χ2n) is 5.53. The highest BCUT2D eigenvalue weighted by Gasteiger charge is 2.15. The van der Waals surface area contributed by atoms with Crippen molar-refractivity contribution in [1.29, 1.82) is 0 Å². The zero-order chi connectivity index (χ0) is 18.2. The van der Waals surface area contributed by atoms with Gasteiger partial charge in [-0.2, -0.15) is 0 Å². The first-order valence-corrected chi connectivity index (χ1v) is 7.83. The highest BCUT2D eigenvalue weighted by Crippen LogP contribution is 2.29. The lowest BCUT2D eigenvalue weighted by Crippen LogP contribution is -2.30. The molecule has 2 aromatic rings. The average molecular weight is 342 g/mol. The van der Waals surface area contributed by atoms with Gasteiger partial charge in [-0.25, -0.2) is 0 Å². The van der Waals surface area contributed by atoms with E-state index in [4.69, 9.17) is 9.47 Å². The van der Waals surface area contributed by atoms with Gasteiger partial charge in [0.15, 0.2) is 11.5 Å². The van der Waals surface area contributed by atoms with Gasteiger partial charge < -0.3 is 19.7 Å². The Morgan fingerprint density at radius 2 is 1.68 bits per heavy atom. The summed E-state index contributed by atoms with van der Waals surface area (Å²) in [7, 11) is 4.74. The van der Waals surface area contributed by atoms with Gasteiger partial charge in [0.25, 0.3) is 0 Å². The Balaban J connectivity index is 1.92. The molecule has 2 amide bonds. The zero-order valence-corrected chi connectivity index (χ0v) is 14.6. The molecule has 0 spiro atoms. The molecule has 0 bridgehead atoms. The molecule has 0 saturated heterocycles. The van der Waals surface area contributed by atoms with Crippen molar-refractivity contribution in [2.24, 2.45) is 0 Å². The van der Waals surface area contributed by atoms with Crippen LogP contribution in [0, 0.1) is 0 Å². The fourth-order valence-electron chi connectivity index (χ4n) is 2.34. The van der Waals surface area contributed by atoms with Crippen LogP contribution in [0.5, 0.6) is 11.5 Å². The molecule has 2 aromatic carbocycles. The van der Waals surface area contributed by atoms with E-state index in [1.54, 1.807) is 25.2 Å². The second-order valence-corrected chi connectivity index (χ2v) is 5.53. The molecule has 0 saturated carbocycles. The summed E-state index contributed by atoms with van der Waals surface area (Å²) in [6, 6.07) is 14.7. The summed E-state index contributed by atoms with van der Waals surface area (Å²) in [6.45, 7) is 0.462. The third-order valence-electron chi connectivity index (χ3n) is 3.67. The lowest BCUT2D eigenvalue weighted by atomic mass is 10.2. The molecule has 132 valence electrons. The van der Waals surface area contributed by atoms with E-state index in [0.717, 1.165) is 5.56 Å². The predicted molar refractivity (Wildman–Crippen MR) is 95.7 cm³/mol. The summed E-state index contributed by atoms with van der Waals surface area (Å²) in [5, 5.41) is 2.70. The maximum Gasteiger partial charge on any atom is 0.233 e. The van der Waals surface area contributed by atoms with Crippen molar-refractivity contribution in [2.75, 3.05) is 26.6 Å². The Morgan fingerprint density at radius 3 is 2.32 bits per heavy atom. The lowest BCUT2D eigenvalue weighted by Gasteiger charge is -2.17. The van der Waals surface area contributed by atoms with Crippen molar-refractivity contribution in [3.8, 4) is 11.5 Å². The topological polar surface area (TPSA) is 67.9 Å². The molecule has 0 aromatic heterocycles. The van der Waals surface area contributed by atoms with E-state index >= 15 is 0 Å². The van der Waals surface area contributed by atoms with Gasteiger partial charge >= 0.3 is 0 Å². The van der Waals surface area contributed by atoms with Gasteiger partial charge in [-0.1, -0.05) is 30.3 Å². The van der Waals surface area contributed by atoms with Crippen LogP contribution in [0.2, 0.25) is 0 Å². The van der Waals surface area contributed by atoms with Crippen molar-refractivity contribution in [2.45, 2.75) is 13.0 Å². The molecular weight excluding hydrogens is 320 g/mol. The summed E-state index contributed by atoms with van der Waals surface area (Å²) in [4.78, 5) is 25.8. The fourth-order valence-corrected chi connectivity index (χ4v) is 2.34. The van der Waals surface area contributed by atoms with E-state index in [-0.39, 0.29) is 18.2 Å². The predicted octanol–water partition coefficient (Wildman–Crippen LogP) is 2.69. The molecule has 0 aliphatic heterocycles. The number of ether oxygens (including phenoxy) is 2. The summed E-state index contributed by atoms with van der Waals surface area (Å²) < 4.78 is 10.3. The molecule has 0 aliphatic rings. The Bertz CT molecular complexity index is 731. The minimum absolute atomic E-state index is 0.225. The number of methoxy groups -OCH3 is 2. The summed E-state index contributed by atoms with van der Waals surface area (Å²) in [6.07, 6.45) is -0.225. The zero-order valence-electron chi connectivity index (χ0n) is 14.6. The maximum absolute atomic E-state index is 12.2. The van der Waals surface area contributed by atoms with Gasteiger partial charge in [-0.05, 0) is 17.7 Å². The van der Waals surface area contributed by atoms with Crippen molar-refractivity contribution < 1.29 is 19.1 Å². The number of rotatable bonds is 7. The first kappa shape index (κ1) is 18.3. The lowest BCUT2D eigenvalue weighted by molar-refractivity contribution is -0.133. The number of anilines is 1. The van der Waals surface area contributed by atoms with Gasteiger partial charge in [0, 0.05) is 25.3 Å². The molecular formula is C19H22N2O4. The van der Waals surface area contributed by atoms with Crippen LogP contribution in [-0.4, -0.2) is 38.0 Å². The number of amides is 2. The quantitative estimate of drug-likeness (QED) is 0.786. The van der Waals surface area contributed by atoms with Gasteiger partial charge in [0.1, 0.15) is 6.42 Å². The first-order chi connectivity index (χ1) is 12.0. The van der Waals surface area contributed by atoms with Crippen LogP contribution < -0.4 is 14.8 Å². The van der Waals surface area contributed by atoms with Gasteiger partial charge in [0.05, 0.1) is 14.2 Å². The van der Waals surface area contributed by atoms with E-state index < -0.39 is 0 Å². The highest BCUT2D eigenvalue weighted by molar-refractivity contribution is 6.03. The number of benzene rings is 2. The highest BCUT2D eigenvalue weighted by atomic mass is 16.5. The second kappa shape index (κ2) is 8.73. The fraction of sp³-hybridized carbons (Fsp3) is 0.263. The maximum atomic E-state index is 12.2. The van der Waals surface area contributed by atoms with Crippen molar-refractivity contribution in [3.63, 3.8) is 0 Å². The molecule has 0 atom stereocenters. The van der Waals surface area contributed by atoms with Crippen molar-refractivity contribution in [1.82, 2.24) is 4.90 Å². The van der Waals surface area contributed by atoms with Gasteiger partial charge in [-0.15, -0.1) is 0 Å². The van der Waals surface area contributed by atoms with E-state index in [0.29, 0.717) is 23.7 Å². The third-order valence-corrected chi connectivity index (χ3v) is 3.67. The third kappa shape index (κ3) is 5.24. The smallest absolute Gasteiger partial charge is 0.233 e. The number of carbonyl (C=O) groups is 2. The summed E-state index contributed by atoms with van der Waals surface area (Å²) in [5.41, 5.74) is 1.56. The van der Waals surface area contributed by atoms with Crippen LogP contribution in [0.25, 0.3) is 0 Å². The summed E-state index contributed by atoms with van der Waals surface area (Å²) >= 11 is 0. The molecule has 0 radical (unpaired) electrons. The Hall–Kier alpha value is -3.02. The Morgan fingerprint density at radius 1 is 1.00 bits per heavy atom. The molecule has 2 rings (SSSR count). The molecule has 25 heavy (non-hydrogen) atoms. The van der Waals surface area contributed by atoms with Crippen LogP contribution in [-0.2, 0) is 16.1 Å². The van der Waals surface area contributed by atoms with Crippen LogP contribution >= 0.6 is 0 Å². The van der Waals surface area contributed by atoms with Crippen LogP contribution in [0.3, 0.4) is 0 Å². The van der Waals surface area contributed by atoms with E-state index in [2.05, 4.69) is 5.32 Å². The standard InChI is InChI=1S/C19H22N2O4/c1-21(13-14-7-5-4-6-8-14)19(23)12-18(22)20-15-9-10-16(24-2)17(11-15)25-3/h4-11H,12-13H2,1-3H3,(H,20,22). The van der Waals surface area contributed by atoms with Gasteiger partial charge in [0.2, 0.25) is 11.8 Å². The number of nitrogens with zero attached hydrogens (tertiary/aromatic N) is 1. The van der Waals surface area contributed by atoms with Crippen LogP contribution in [0.15, 0.2) is 48.5 Å². The average Bonchev–Trinajstić information content (AvgIpc) is 2.62.